The monoisotopic (exact) mass is 345 g/mol. The molecule has 1 aromatic carbocycles. The number of carbonyl (C=O) groups excluding carboxylic acids is 1. The van der Waals surface area contributed by atoms with Crippen LogP contribution >= 0.6 is 0 Å². The lowest BCUT2D eigenvalue weighted by atomic mass is 10.0. The summed E-state index contributed by atoms with van der Waals surface area (Å²) in [6.07, 6.45) is 4.25. The van der Waals surface area contributed by atoms with E-state index >= 15 is 0 Å². The first-order valence-corrected chi connectivity index (χ1v) is 8.52. The minimum Gasteiger partial charge on any atom is -0.330 e. The van der Waals surface area contributed by atoms with E-state index in [4.69, 9.17) is 0 Å². The summed E-state index contributed by atoms with van der Waals surface area (Å²) < 4.78 is 27.3. The Morgan fingerprint density at radius 2 is 2.08 bits per heavy atom. The molecule has 2 aromatic rings. The summed E-state index contributed by atoms with van der Waals surface area (Å²) in [6.45, 7) is 2.02. The molecule has 0 aliphatic carbocycles. The number of amides is 1. The van der Waals surface area contributed by atoms with Gasteiger partial charge in [0.2, 0.25) is 0 Å². The molecule has 1 amide bonds. The molecule has 1 N–H and O–H groups in total. The number of rotatable bonds is 4. The Kier molecular flexibility index (Phi) is 5.71. The van der Waals surface area contributed by atoms with Crippen LogP contribution in [0, 0.1) is 11.6 Å². The Bertz CT molecular complexity index is 716. The molecular weight excluding hydrogens is 324 g/mol. The number of halogens is 2. The normalized spacial score (nSPS) is 17.8. The molecule has 132 valence electrons. The van der Waals surface area contributed by atoms with Crippen molar-refractivity contribution in [2.24, 2.45) is 0 Å². The van der Waals surface area contributed by atoms with Gasteiger partial charge in [-0.05, 0) is 56.6 Å². The van der Waals surface area contributed by atoms with Crippen LogP contribution in [0.4, 0.5) is 8.78 Å². The van der Waals surface area contributed by atoms with Crippen LogP contribution in [0.3, 0.4) is 0 Å². The zero-order valence-corrected chi connectivity index (χ0v) is 13.9. The number of nitrogens with one attached hydrogen (secondary N) is 1. The second kappa shape index (κ2) is 8.16. The van der Waals surface area contributed by atoms with Crippen LogP contribution in [0.1, 0.15) is 35.3 Å². The molecule has 0 saturated carbocycles. The number of carbonyl (C=O) groups is 1. The maximum Gasteiger partial charge on any atom is 0.257 e. The standard InChI is InChI=1S/C19H21F2N3O/c20-14-6-7-17(18(21)12-14)19(25)24(13-15-4-1-2-10-23-15)16-5-3-9-22-11-8-16/h1-2,4,6-7,10,12,16,22H,3,5,8-9,11,13H2. The first kappa shape index (κ1) is 17.5. The summed E-state index contributed by atoms with van der Waals surface area (Å²) in [4.78, 5) is 19.0. The van der Waals surface area contributed by atoms with Gasteiger partial charge in [0.15, 0.2) is 0 Å². The number of hydrogen-bond donors (Lipinski definition) is 1. The van der Waals surface area contributed by atoms with Crippen LogP contribution in [0.5, 0.6) is 0 Å². The van der Waals surface area contributed by atoms with E-state index in [0.717, 1.165) is 50.2 Å². The highest BCUT2D eigenvalue weighted by Gasteiger charge is 2.27. The van der Waals surface area contributed by atoms with Crippen molar-refractivity contribution in [1.82, 2.24) is 15.2 Å². The van der Waals surface area contributed by atoms with Gasteiger partial charge in [-0.1, -0.05) is 6.07 Å². The number of benzene rings is 1. The van der Waals surface area contributed by atoms with Gasteiger partial charge in [-0.2, -0.15) is 0 Å². The van der Waals surface area contributed by atoms with Crippen LogP contribution in [0.2, 0.25) is 0 Å². The molecule has 1 unspecified atom stereocenters. The van der Waals surface area contributed by atoms with Crippen molar-refractivity contribution in [3.05, 3.63) is 65.5 Å². The van der Waals surface area contributed by atoms with E-state index in [1.807, 2.05) is 18.2 Å². The van der Waals surface area contributed by atoms with Crippen molar-refractivity contribution in [3.63, 3.8) is 0 Å². The lowest BCUT2D eigenvalue weighted by Gasteiger charge is -2.31. The molecule has 1 aromatic heterocycles. The fourth-order valence-corrected chi connectivity index (χ4v) is 3.16. The number of nitrogens with zero attached hydrogens (tertiary/aromatic N) is 2. The van der Waals surface area contributed by atoms with E-state index in [1.165, 1.54) is 6.07 Å². The minimum atomic E-state index is -0.831. The molecule has 0 radical (unpaired) electrons. The summed E-state index contributed by atoms with van der Waals surface area (Å²) in [7, 11) is 0. The van der Waals surface area contributed by atoms with Gasteiger partial charge >= 0.3 is 0 Å². The number of aromatic nitrogens is 1. The molecule has 6 heteroatoms. The van der Waals surface area contributed by atoms with Gasteiger partial charge in [0.1, 0.15) is 11.6 Å². The molecule has 1 aliphatic rings. The Balaban J connectivity index is 1.90. The predicted molar refractivity (Wildman–Crippen MR) is 91.0 cm³/mol. The SMILES string of the molecule is O=C(c1ccc(F)cc1F)N(Cc1ccccn1)C1CCCNCC1. The van der Waals surface area contributed by atoms with Gasteiger partial charge in [0.05, 0.1) is 17.8 Å². The molecule has 0 spiro atoms. The Hall–Kier alpha value is -2.34. The van der Waals surface area contributed by atoms with Gasteiger partial charge in [-0.25, -0.2) is 8.78 Å². The summed E-state index contributed by atoms with van der Waals surface area (Å²) in [5, 5.41) is 3.32. The molecule has 1 saturated heterocycles. The Morgan fingerprint density at radius 3 is 2.84 bits per heavy atom. The van der Waals surface area contributed by atoms with E-state index in [9.17, 15) is 13.6 Å². The fourth-order valence-electron chi connectivity index (χ4n) is 3.16. The average Bonchev–Trinajstić information content (AvgIpc) is 2.89. The van der Waals surface area contributed by atoms with Crippen LogP contribution in [0.25, 0.3) is 0 Å². The maximum atomic E-state index is 14.1. The van der Waals surface area contributed by atoms with Crippen LogP contribution < -0.4 is 5.32 Å². The van der Waals surface area contributed by atoms with Crippen LogP contribution in [-0.2, 0) is 6.54 Å². The molecule has 25 heavy (non-hydrogen) atoms. The van der Waals surface area contributed by atoms with Gasteiger partial charge in [0.25, 0.3) is 5.91 Å². The smallest absolute Gasteiger partial charge is 0.257 e. The summed E-state index contributed by atoms with van der Waals surface area (Å²) in [5.41, 5.74) is 0.644. The zero-order chi connectivity index (χ0) is 17.6. The highest BCUT2D eigenvalue weighted by Crippen LogP contribution is 2.21. The number of hydrogen-bond acceptors (Lipinski definition) is 3. The number of pyridine rings is 1. The fraction of sp³-hybridized carbons (Fsp3) is 0.368. The lowest BCUT2D eigenvalue weighted by molar-refractivity contribution is 0.0637. The second-order valence-corrected chi connectivity index (χ2v) is 6.21. The topological polar surface area (TPSA) is 45.2 Å². The van der Waals surface area contributed by atoms with E-state index in [1.54, 1.807) is 11.1 Å². The minimum absolute atomic E-state index is 0.00559. The maximum absolute atomic E-state index is 14.1. The van der Waals surface area contributed by atoms with Crippen molar-refractivity contribution in [3.8, 4) is 0 Å². The van der Waals surface area contributed by atoms with Crippen LogP contribution in [0.15, 0.2) is 42.6 Å². The molecule has 4 nitrogen and oxygen atoms in total. The largest absolute Gasteiger partial charge is 0.330 e. The molecular formula is C19H21F2N3O. The predicted octanol–water partition coefficient (Wildman–Crippen LogP) is 3.14. The van der Waals surface area contributed by atoms with Gasteiger partial charge in [-0.3, -0.25) is 9.78 Å². The van der Waals surface area contributed by atoms with Gasteiger partial charge < -0.3 is 10.2 Å². The molecule has 1 fully saturated rings. The molecule has 0 bridgehead atoms. The van der Waals surface area contributed by atoms with Gasteiger partial charge in [-0.15, -0.1) is 0 Å². The van der Waals surface area contributed by atoms with E-state index in [-0.39, 0.29) is 11.6 Å². The lowest BCUT2D eigenvalue weighted by Crippen LogP contribution is -2.41. The van der Waals surface area contributed by atoms with Crippen LogP contribution in [-0.4, -0.2) is 34.9 Å². The van der Waals surface area contributed by atoms with E-state index in [2.05, 4.69) is 10.3 Å². The molecule has 1 aliphatic heterocycles. The second-order valence-electron chi connectivity index (χ2n) is 6.21. The summed E-state index contributed by atoms with van der Waals surface area (Å²) >= 11 is 0. The molecule has 3 rings (SSSR count). The average molecular weight is 345 g/mol. The summed E-state index contributed by atoms with van der Waals surface area (Å²) in [6, 6.07) is 8.59. The van der Waals surface area contributed by atoms with Gasteiger partial charge in [0, 0.05) is 18.3 Å². The van der Waals surface area contributed by atoms with E-state index in [0.29, 0.717) is 6.54 Å². The summed E-state index contributed by atoms with van der Waals surface area (Å²) in [5.74, 6) is -1.94. The quantitative estimate of drug-likeness (QED) is 0.926. The van der Waals surface area contributed by atoms with Crippen molar-refractivity contribution >= 4 is 5.91 Å². The first-order chi connectivity index (χ1) is 12.1. The van der Waals surface area contributed by atoms with Crippen molar-refractivity contribution < 1.29 is 13.6 Å². The van der Waals surface area contributed by atoms with Crippen molar-refractivity contribution in [2.45, 2.75) is 31.8 Å². The third kappa shape index (κ3) is 4.39. The Morgan fingerprint density at radius 1 is 1.20 bits per heavy atom. The third-order valence-corrected chi connectivity index (χ3v) is 4.47. The molecule has 2 heterocycles. The third-order valence-electron chi connectivity index (χ3n) is 4.47. The first-order valence-electron chi connectivity index (χ1n) is 8.52. The molecule has 1 atom stereocenters. The highest BCUT2D eigenvalue weighted by atomic mass is 19.1. The van der Waals surface area contributed by atoms with Crippen molar-refractivity contribution in [1.29, 1.82) is 0 Å². The zero-order valence-electron chi connectivity index (χ0n) is 13.9. The highest BCUT2D eigenvalue weighted by molar-refractivity contribution is 5.94. The van der Waals surface area contributed by atoms with E-state index < -0.39 is 17.5 Å². The van der Waals surface area contributed by atoms with Crippen molar-refractivity contribution in [2.75, 3.05) is 13.1 Å². The Labute approximate surface area is 145 Å².